The molecule has 3 N–H and O–H groups in total. The maximum absolute atomic E-state index is 10.5. The van der Waals surface area contributed by atoms with Crippen LogP contribution in [0.3, 0.4) is 0 Å². The van der Waals surface area contributed by atoms with Gasteiger partial charge in [-0.1, -0.05) is 0 Å². The number of methoxy groups -OCH3 is 2. The first-order chi connectivity index (χ1) is 8.01. The molecule has 0 spiro atoms. The van der Waals surface area contributed by atoms with Gasteiger partial charge in [0.1, 0.15) is 6.10 Å². The number of carboxylic acids is 1. The first kappa shape index (κ1) is 13.1. The summed E-state index contributed by atoms with van der Waals surface area (Å²) in [6.07, 6.45) is -2.55. The Hall–Kier alpha value is -1.93. The molecule has 0 aliphatic heterocycles. The second-order valence-corrected chi connectivity index (χ2v) is 3.05. The molecule has 0 amide bonds. The minimum Gasteiger partial charge on any atom is -0.481 e. The number of ether oxygens (including phenoxy) is 2. The van der Waals surface area contributed by atoms with Crippen molar-refractivity contribution in [2.24, 2.45) is 0 Å². The Morgan fingerprint density at radius 2 is 2.00 bits per heavy atom. The number of aromatic nitrogens is 2. The Balaban J connectivity index is 3.08. The van der Waals surface area contributed by atoms with Gasteiger partial charge in [0.25, 0.3) is 0 Å². The zero-order valence-corrected chi connectivity index (χ0v) is 9.19. The summed E-state index contributed by atoms with van der Waals surface area (Å²) in [5.41, 5.74) is -0.0387. The highest BCUT2D eigenvalue weighted by atomic mass is 16.5. The van der Waals surface area contributed by atoms with Gasteiger partial charge in [-0.25, -0.2) is 9.78 Å². The smallest absolute Gasteiger partial charge is 0.335 e. The third kappa shape index (κ3) is 2.80. The molecule has 1 rings (SSSR count). The van der Waals surface area contributed by atoms with Gasteiger partial charge < -0.3 is 24.8 Å². The van der Waals surface area contributed by atoms with Gasteiger partial charge in [0.2, 0.25) is 5.88 Å². The summed E-state index contributed by atoms with van der Waals surface area (Å²) in [7, 11) is 2.63. The quantitative estimate of drug-likeness (QED) is 0.601. The van der Waals surface area contributed by atoms with Gasteiger partial charge in [-0.3, -0.25) is 0 Å². The van der Waals surface area contributed by atoms with Crippen molar-refractivity contribution >= 4 is 5.97 Å². The maximum atomic E-state index is 10.5. The lowest BCUT2D eigenvalue weighted by Crippen LogP contribution is -2.28. The number of carboxylic acid groups (broad SMARTS) is 1. The Labute approximate surface area is 96.5 Å². The van der Waals surface area contributed by atoms with Crippen LogP contribution in [-0.2, 0) is 4.79 Å². The number of aliphatic hydroxyl groups is 2. The van der Waals surface area contributed by atoms with Crippen LogP contribution >= 0.6 is 0 Å². The van der Waals surface area contributed by atoms with E-state index in [-0.39, 0.29) is 17.5 Å². The summed E-state index contributed by atoms with van der Waals surface area (Å²) >= 11 is 0. The lowest BCUT2D eigenvalue weighted by Gasteiger charge is -2.16. The summed E-state index contributed by atoms with van der Waals surface area (Å²) in [6, 6.07) is 0.00242. The predicted molar refractivity (Wildman–Crippen MR) is 53.7 cm³/mol. The standard InChI is InChI=1S/C9H12N2O6/c1-16-7-4(3-10-9(11-7)17-2)5(12)6(13)8(14)15/h3,5-6,12-13H,1-2H3,(H,14,15). The molecule has 1 aromatic rings. The van der Waals surface area contributed by atoms with E-state index in [9.17, 15) is 15.0 Å². The van der Waals surface area contributed by atoms with Crippen LogP contribution < -0.4 is 9.47 Å². The fourth-order valence-corrected chi connectivity index (χ4v) is 1.13. The van der Waals surface area contributed by atoms with E-state index in [4.69, 9.17) is 14.6 Å². The maximum Gasteiger partial charge on any atom is 0.335 e. The predicted octanol–water partition coefficient (Wildman–Crippen LogP) is -1.03. The van der Waals surface area contributed by atoms with E-state index < -0.39 is 18.2 Å². The molecule has 8 heteroatoms. The molecular formula is C9H12N2O6. The Morgan fingerprint density at radius 1 is 1.35 bits per heavy atom. The average Bonchev–Trinajstić information content (AvgIpc) is 2.35. The third-order valence-corrected chi connectivity index (χ3v) is 2.00. The van der Waals surface area contributed by atoms with Crippen molar-refractivity contribution in [1.82, 2.24) is 9.97 Å². The van der Waals surface area contributed by atoms with Crippen LogP contribution in [0.15, 0.2) is 6.20 Å². The lowest BCUT2D eigenvalue weighted by atomic mass is 10.1. The van der Waals surface area contributed by atoms with Crippen molar-refractivity contribution in [2.45, 2.75) is 12.2 Å². The molecule has 2 atom stereocenters. The van der Waals surface area contributed by atoms with Crippen LogP contribution in [0.4, 0.5) is 0 Å². The molecule has 0 radical (unpaired) electrons. The fourth-order valence-electron chi connectivity index (χ4n) is 1.13. The third-order valence-electron chi connectivity index (χ3n) is 2.00. The zero-order valence-electron chi connectivity index (χ0n) is 9.19. The van der Waals surface area contributed by atoms with Crippen LogP contribution in [0.25, 0.3) is 0 Å². The lowest BCUT2D eigenvalue weighted by molar-refractivity contribution is -0.153. The molecule has 0 saturated heterocycles. The zero-order chi connectivity index (χ0) is 13.0. The first-order valence-corrected chi connectivity index (χ1v) is 4.55. The summed E-state index contributed by atoms with van der Waals surface area (Å²) in [4.78, 5) is 18.0. The van der Waals surface area contributed by atoms with E-state index in [2.05, 4.69) is 9.97 Å². The summed E-state index contributed by atoms with van der Waals surface area (Å²) in [5, 5.41) is 27.4. The second kappa shape index (κ2) is 5.41. The second-order valence-electron chi connectivity index (χ2n) is 3.05. The van der Waals surface area contributed by atoms with Gasteiger partial charge in [0, 0.05) is 6.20 Å². The number of rotatable bonds is 5. The van der Waals surface area contributed by atoms with E-state index in [0.29, 0.717) is 0 Å². The van der Waals surface area contributed by atoms with Gasteiger partial charge in [-0.2, -0.15) is 4.98 Å². The van der Waals surface area contributed by atoms with Gasteiger partial charge in [0.05, 0.1) is 19.8 Å². The number of hydrogen-bond donors (Lipinski definition) is 3. The molecular weight excluding hydrogens is 232 g/mol. The molecule has 17 heavy (non-hydrogen) atoms. The molecule has 94 valence electrons. The minimum atomic E-state index is -1.99. The molecule has 0 aliphatic rings. The van der Waals surface area contributed by atoms with Crippen molar-refractivity contribution in [1.29, 1.82) is 0 Å². The Kier molecular flexibility index (Phi) is 4.18. The van der Waals surface area contributed by atoms with Crippen molar-refractivity contribution in [3.05, 3.63) is 11.8 Å². The van der Waals surface area contributed by atoms with Gasteiger partial charge in [-0.05, 0) is 0 Å². The molecule has 8 nitrogen and oxygen atoms in total. The highest BCUT2D eigenvalue weighted by Crippen LogP contribution is 2.26. The van der Waals surface area contributed by atoms with Crippen LogP contribution in [0.2, 0.25) is 0 Å². The molecule has 0 aliphatic carbocycles. The first-order valence-electron chi connectivity index (χ1n) is 4.55. The Morgan fingerprint density at radius 3 is 2.47 bits per heavy atom. The molecule has 2 unspecified atom stereocenters. The average molecular weight is 244 g/mol. The van der Waals surface area contributed by atoms with E-state index in [1.54, 1.807) is 0 Å². The van der Waals surface area contributed by atoms with E-state index in [0.717, 1.165) is 6.20 Å². The van der Waals surface area contributed by atoms with Crippen molar-refractivity contribution in [3.63, 3.8) is 0 Å². The number of carbonyl (C=O) groups is 1. The monoisotopic (exact) mass is 244 g/mol. The van der Waals surface area contributed by atoms with Crippen LogP contribution in [0, 0.1) is 0 Å². The molecule has 1 aromatic heterocycles. The van der Waals surface area contributed by atoms with Crippen molar-refractivity contribution < 1.29 is 29.6 Å². The molecule has 1 heterocycles. The number of nitrogens with zero attached hydrogens (tertiary/aromatic N) is 2. The topological polar surface area (TPSA) is 122 Å². The van der Waals surface area contributed by atoms with E-state index >= 15 is 0 Å². The minimum absolute atomic E-state index is 0.00242. The largest absolute Gasteiger partial charge is 0.481 e. The number of aliphatic carboxylic acids is 1. The fraction of sp³-hybridized carbons (Fsp3) is 0.444. The van der Waals surface area contributed by atoms with Crippen LogP contribution in [-0.4, -0.2) is 51.6 Å². The van der Waals surface area contributed by atoms with Crippen molar-refractivity contribution in [2.75, 3.05) is 14.2 Å². The summed E-state index contributed by atoms with van der Waals surface area (Å²) in [5.74, 6) is -1.62. The molecule has 0 aromatic carbocycles. The molecule has 0 bridgehead atoms. The van der Waals surface area contributed by atoms with Crippen molar-refractivity contribution in [3.8, 4) is 11.9 Å². The van der Waals surface area contributed by atoms with Crippen LogP contribution in [0.5, 0.6) is 11.9 Å². The van der Waals surface area contributed by atoms with Gasteiger partial charge in [0.15, 0.2) is 6.10 Å². The highest BCUT2D eigenvalue weighted by Gasteiger charge is 2.29. The van der Waals surface area contributed by atoms with Gasteiger partial charge >= 0.3 is 12.0 Å². The highest BCUT2D eigenvalue weighted by molar-refractivity contribution is 5.73. The van der Waals surface area contributed by atoms with Gasteiger partial charge in [-0.15, -0.1) is 0 Å². The summed E-state index contributed by atoms with van der Waals surface area (Å²) in [6.45, 7) is 0. The number of aliphatic hydroxyl groups excluding tert-OH is 2. The number of hydrogen-bond acceptors (Lipinski definition) is 7. The molecule has 0 saturated carbocycles. The van der Waals surface area contributed by atoms with Crippen LogP contribution in [0.1, 0.15) is 11.7 Å². The Bertz CT molecular complexity index is 410. The molecule has 0 fully saturated rings. The summed E-state index contributed by atoms with van der Waals surface area (Å²) < 4.78 is 9.58. The SMILES string of the molecule is COc1ncc(C(O)C(O)C(=O)O)c(OC)n1. The normalized spacial score (nSPS) is 13.9. The van der Waals surface area contributed by atoms with E-state index in [1.165, 1.54) is 14.2 Å². The van der Waals surface area contributed by atoms with E-state index in [1.807, 2.05) is 0 Å².